The Morgan fingerprint density at radius 3 is 2.52 bits per heavy atom. The van der Waals surface area contributed by atoms with E-state index in [2.05, 4.69) is 0 Å². The minimum atomic E-state index is -1.18. The zero-order valence-electron chi connectivity index (χ0n) is 14.5. The van der Waals surface area contributed by atoms with Crippen LogP contribution in [0.5, 0.6) is 0 Å². The molecule has 1 fully saturated rings. The predicted molar refractivity (Wildman–Crippen MR) is 97.2 cm³/mol. The summed E-state index contributed by atoms with van der Waals surface area (Å²) in [6, 6.07) is 7.67. The maximum absolute atomic E-state index is 13.2. The maximum atomic E-state index is 13.2. The third-order valence-electron chi connectivity index (χ3n) is 5.03. The molecule has 2 aliphatic rings. The molecule has 1 aromatic rings. The van der Waals surface area contributed by atoms with E-state index in [1.807, 2.05) is 31.2 Å². The first-order valence-electron chi connectivity index (χ1n) is 8.57. The van der Waals surface area contributed by atoms with Crippen LogP contribution in [0.3, 0.4) is 0 Å². The van der Waals surface area contributed by atoms with Crippen molar-refractivity contribution in [2.45, 2.75) is 36.3 Å². The highest BCUT2D eigenvalue weighted by molar-refractivity contribution is 8.02. The summed E-state index contributed by atoms with van der Waals surface area (Å²) in [6.45, 7) is 5.06. The molecule has 0 aromatic heterocycles. The van der Waals surface area contributed by atoms with Gasteiger partial charge in [0.2, 0.25) is 11.8 Å². The van der Waals surface area contributed by atoms with Gasteiger partial charge in [0.1, 0.15) is 0 Å². The van der Waals surface area contributed by atoms with Crippen LogP contribution in [-0.2, 0) is 14.4 Å². The molecule has 134 valence electrons. The molecule has 0 aliphatic carbocycles. The van der Waals surface area contributed by atoms with Crippen LogP contribution in [0, 0.1) is 5.92 Å². The van der Waals surface area contributed by atoms with E-state index >= 15 is 0 Å². The SMILES string of the molecule is CCN1C(=O)C(C)(C(=O)N2CCC(C(N)=O)CC2)Sc2ccccc21. The number of piperidine rings is 1. The molecule has 2 heterocycles. The molecule has 1 aromatic carbocycles. The summed E-state index contributed by atoms with van der Waals surface area (Å²) in [5, 5.41) is 0. The number of carbonyl (C=O) groups excluding carboxylic acids is 3. The topological polar surface area (TPSA) is 83.7 Å². The fraction of sp³-hybridized carbons (Fsp3) is 0.500. The number of carbonyl (C=O) groups is 3. The summed E-state index contributed by atoms with van der Waals surface area (Å²) in [6.07, 6.45) is 1.12. The Balaban J connectivity index is 1.85. The molecule has 7 heteroatoms. The van der Waals surface area contributed by atoms with Gasteiger partial charge in [-0.05, 0) is 38.8 Å². The smallest absolute Gasteiger partial charge is 0.252 e. The Labute approximate surface area is 151 Å². The van der Waals surface area contributed by atoms with Gasteiger partial charge in [-0.2, -0.15) is 0 Å². The molecule has 1 saturated heterocycles. The zero-order chi connectivity index (χ0) is 18.2. The largest absolute Gasteiger partial charge is 0.369 e. The summed E-state index contributed by atoms with van der Waals surface area (Å²) in [5.74, 6) is -0.856. The number of hydrogen-bond donors (Lipinski definition) is 1. The Kier molecular flexibility index (Phi) is 4.77. The first-order chi connectivity index (χ1) is 11.9. The Bertz CT molecular complexity index is 715. The number of fused-ring (bicyclic) bond motifs is 1. The third kappa shape index (κ3) is 3.01. The molecule has 0 spiro atoms. The Hall–Kier alpha value is -2.02. The van der Waals surface area contributed by atoms with Crippen molar-refractivity contribution in [2.24, 2.45) is 11.7 Å². The second-order valence-electron chi connectivity index (χ2n) is 6.62. The number of benzene rings is 1. The fourth-order valence-corrected chi connectivity index (χ4v) is 4.80. The number of anilines is 1. The molecule has 0 bridgehead atoms. The average Bonchev–Trinajstić information content (AvgIpc) is 2.62. The van der Waals surface area contributed by atoms with E-state index in [-0.39, 0.29) is 23.6 Å². The first kappa shape index (κ1) is 17.8. The quantitative estimate of drug-likeness (QED) is 0.830. The van der Waals surface area contributed by atoms with Gasteiger partial charge in [0.05, 0.1) is 5.69 Å². The molecule has 0 saturated carbocycles. The summed E-state index contributed by atoms with van der Waals surface area (Å²) >= 11 is 1.32. The molecular formula is C18H23N3O3S. The Morgan fingerprint density at radius 2 is 1.92 bits per heavy atom. The zero-order valence-corrected chi connectivity index (χ0v) is 15.3. The van der Waals surface area contributed by atoms with Crippen molar-refractivity contribution in [1.29, 1.82) is 0 Å². The summed E-state index contributed by atoms with van der Waals surface area (Å²) in [7, 11) is 0. The lowest BCUT2D eigenvalue weighted by Crippen LogP contribution is -2.58. The van der Waals surface area contributed by atoms with Gasteiger partial charge in [-0.1, -0.05) is 23.9 Å². The van der Waals surface area contributed by atoms with Gasteiger partial charge in [-0.15, -0.1) is 0 Å². The molecule has 3 rings (SSSR count). The number of likely N-dealkylation sites (tertiary alicyclic amines) is 1. The Morgan fingerprint density at radius 1 is 1.28 bits per heavy atom. The molecule has 1 atom stereocenters. The van der Waals surface area contributed by atoms with E-state index in [1.165, 1.54) is 11.8 Å². The first-order valence-corrected chi connectivity index (χ1v) is 9.38. The number of para-hydroxylation sites is 1. The van der Waals surface area contributed by atoms with Crippen LogP contribution in [0.4, 0.5) is 5.69 Å². The second-order valence-corrected chi connectivity index (χ2v) is 8.08. The lowest BCUT2D eigenvalue weighted by atomic mass is 9.95. The van der Waals surface area contributed by atoms with Crippen LogP contribution in [0.15, 0.2) is 29.2 Å². The van der Waals surface area contributed by atoms with E-state index in [4.69, 9.17) is 5.73 Å². The molecule has 1 unspecified atom stereocenters. The van der Waals surface area contributed by atoms with Gasteiger partial charge in [0.25, 0.3) is 5.91 Å². The fourth-order valence-electron chi connectivity index (χ4n) is 3.51. The lowest BCUT2D eigenvalue weighted by Gasteiger charge is -2.42. The number of hydrogen-bond acceptors (Lipinski definition) is 4. The number of nitrogens with zero attached hydrogens (tertiary/aromatic N) is 2. The van der Waals surface area contributed by atoms with E-state index in [0.29, 0.717) is 32.5 Å². The highest BCUT2D eigenvalue weighted by atomic mass is 32.2. The van der Waals surface area contributed by atoms with Crippen molar-refractivity contribution < 1.29 is 14.4 Å². The monoisotopic (exact) mass is 361 g/mol. The van der Waals surface area contributed by atoms with Crippen molar-refractivity contribution in [3.63, 3.8) is 0 Å². The van der Waals surface area contributed by atoms with Crippen molar-refractivity contribution in [3.05, 3.63) is 24.3 Å². The molecule has 25 heavy (non-hydrogen) atoms. The van der Waals surface area contributed by atoms with Gasteiger partial charge in [-0.25, -0.2) is 0 Å². The van der Waals surface area contributed by atoms with Crippen molar-refractivity contribution in [1.82, 2.24) is 4.90 Å². The van der Waals surface area contributed by atoms with Gasteiger partial charge in [0.15, 0.2) is 4.75 Å². The van der Waals surface area contributed by atoms with Crippen molar-refractivity contribution >= 4 is 35.2 Å². The number of thioether (sulfide) groups is 1. The van der Waals surface area contributed by atoms with E-state index in [1.54, 1.807) is 16.7 Å². The lowest BCUT2D eigenvalue weighted by molar-refractivity contribution is -0.140. The minimum Gasteiger partial charge on any atom is -0.369 e. The summed E-state index contributed by atoms with van der Waals surface area (Å²) < 4.78 is -1.18. The molecule has 6 nitrogen and oxygen atoms in total. The number of amides is 3. The van der Waals surface area contributed by atoms with Gasteiger partial charge < -0.3 is 15.5 Å². The van der Waals surface area contributed by atoms with Crippen LogP contribution >= 0.6 is 11.8 Å². The van der Waals surface area contributed by atoms with Crippen LogP contribution in [-0.4, -0.2) is 47.0 Å². The number of rotatable bonds is 3. The van der Waals surface area contributed by atoms with Crippen LogP contribution in [0.2, 0.25) is 0 Å². The van der Waals surface area contributed by atoms with Crippen LogP contribution in [0.25, 0.3) is 0 Å². The molecule has 2 N–H and O–H groups in total. The van der Waals surface area contributed by atoms with Crippen LogP contribution in [0.1, 0.15) is 26.7 Å². The minimum absolute atomic E-state index is 0.180. The van der Waals surface area contributed by atoms with Crippen molar-refractivity contribution in [3.8, 4) is 0 Å². The summed E-state index contributed by atoms with van der Waals surface area (Å²) in [5.41, 5.74) is 6.22. The highest BCUT2D eigenvalue weighted by Crippen LogP contribution is 2.46. The van der Waals surface area contributed by atoms with Gasteiger partial charge in [0, 0.05) is 30.4 Å². The molecule has 0 radical (unpaired) electrons. The van der Waals surface area contributed by atoms with Crippen LogP contribution < -0.4 is 10.6 Å². The summed E-state index contributed by atoms with van der Waals surface area (Å²) in [4.78, 5) is 41.9. The maximum Gasteiger partial charge on any atom is 0.252 e. The van der Waals surface area contributed by atoms with E-state index in [9.17, 15) is 14.4 Å². The second kappa shape index (κ2) is 6.71. The van der Waals surface area contributed by atoms with Gasteiger partial charge >= 0.3 is 0 Å². The van der Waals surface area contributed by atoms with E-state index in [0.717, 1.165) is 10.6 Å². The highest BCUT2D eigenvalue weighted by Gasteiger charge is 2.50. The molecular weight excluding hydrogens is 338 g/mol. The predicted octanol–water partition coefficient (Wildman–Crippen LogP) is 1.63. The normalized spacial score (nSPS) is 24.2. The van der Waals surface area contributed by atoms with Gasteiger partial charge in [-0.3, -0.25) is 14.4 Å². The number of nitrogens with two attached hydrogens (primary N) is 1. The van der Waals surface area contributed by atoms with E-state index < -0.39 is 4.75 Å². The standard InChI is InChI=1S/C18H23N3O3S/c1-3-21-13-6-4-5-7-14(13)25-18(2,17(21)24)16(23)20-10-8-12(9-11-20)15(19)22/h4-7,12H,3,8-11H2,1-2H3,(H2,19,22). The number of primary amides is 1. The molecule has 2 aliphatic heterocycles. The molecule has 3 amide bonds. The average molecular weight is 361 g/mol. The van der Waals surface area contributed by atoms with Crippen molar-refractivity contribution in [2.75, 3.05) is 24.5 Å². The third-order valence-corrected chi connectivity index (χ3v) is 6.35.